The van der Waals surface area contributed by atoms with Crippen molar-refractivity contribution in [3.63, 3.8) is 0 Å². The highest BCUT2D eigenvalue weighted by Crippen LogP contribution is 2.64. The van der Waals surface area contributed by atoms with Crippen molar-refractivity contribution < 1.29 is 42.2 Å². The number of anilines is 2. The first-order valence-electron chi connectivity index (χ1n) is 18.4. The van der Waals surface area contributed by atoms with Gasteiger partial charge in [-0.3, -0.25) is 29.5 Å². The Morgan fingerprint density at radius 2 is 1.63 bits per heavy atom. The second-order valence-electron chi connectivity index (χ2n) is 14.6. The van der Waals surface area contributed by atoms with E-state index < -0.39 is 69.5 Å². The van der Waals surface area contributed by atoms with Gasteiger partial charge >= 0.3 is 6.18 Å². The number of nitrogens with zero attached hydrogens (tertiary/aromatic N) is 3. The molecule has 0 bridgehead atoms. The largest absolute Gasteiger partial charge is 0.491 e. The van der Waals surface area contributed by atoms with Gasteiger partial charge < -0.3 is 9.84 Å². The van der Waals surface area contributed by atoms with E-state index in [0.29, 0.717) is 45.4 Å². The van der Waals surface area contributed by atoms with Crippen LogP contribution in [0.3, 0.4) is 0 Å². The Labute approximate surface area is 335 Å². The fourth-order valence-electron chi connectivity index (χ4n) is 9.21. The average molecular weight is 820 g/mol. The van der Waals surface area contributed by atoms with E-state index in [1.165, 1.54) is 4.90 Å². The number of amides is 4. The van der Waals surface area contributed by atoms with E-state index in [4.69, 9.17) is 27.9 Å². The van der Waals surface area contributed by atoms with Gasteiger partial charge in [-0.25, -0.2) is 4.98 Å². The first kappa shape index (κ1) is 38.6. The summed E-state index contributed by atoms with van der Waals surface area (Å²) in [5.41, 5.74) is 3.05. The number of carbonyl (C=O) groups is 4. The van der Waals surface area contributed by atoms with Gasteiger partial charge in [0.25, 0.3) is 11.8 Å². The zero-order valence-corrected chi connectivity index (χ0v) is 31.8. The van der Waals surface area contributed by atoms with Crippen LogP contribution >= 0.6 is 23.2 Å². The Bertz CT molecular complexity index is 2300. The third-order valence-corrected chi connectivity index (χ3v) is 12.3. The zero-order valence-electron chi connectivity index (χ0n) is 30.3. The Morgan fingerprint density at radius 3 is 2.26 bits per heavy atom. The van der Waals surface area contributed by atoms with Gasteiger partial charge in [0.1, 0.15) is 12.4 Å². The van der Waals surface area contributed by atoms with Gasteiger partial charge in [0.15, 0.2) is 5.82 Å². The quantitative estimate of drug-likeness (QED) is 0.131. The minimum Gasteiger partial charge on any atom is -0.491 e. The minimum atomic E-state index is -4.75. The minimum absolute atomic E-state index is 0.0115. The van der Waals surface area contributed by atoms with Gasteiger partial charge in [-0.05, 0) is 84.3 Å². The molecular formula is C42H35Cl2F3N4O6. The number of aryl methyl sites for hydroxylation is 1. The van der Waals surface area contributed by atoms with E-state index in [9.17, 15) is 32.7 Å². The summed E-state index contributed by atoms with van der Waals surface area (Å²) in [7, 11) is 0. The number of aromatic nitrogens is 1. The number of fused-ring (bicyclic) bond motifs is 4. The fourth-order valence-corrected chi connectivity index (χ4v) is 9.55. The summed E-state index contributed by atoms with van der Waals surface area (Å²) in [5.74, 6) is -6.37. The lowest BCUT2D eigenvalue weighted by molar-refractivity contribution is -0.139. The lowest BCUT2D eigenvalue weighted by Gasteiger charge is -2.50. The van der Waals surface area contributed by atoms with Crippen LogP contribution < -0.4 is 15.1 Å². The maximum Gasteiger partial charge on any atom is 0.417 e. The molecule has 6 atom stereocenters. The second-order valence-corrected chi connectivity index (χ2v) is 15.4. The molecule has 1 aromatic heterocycles. The Hall–Kier alpha value is -5.24. The summed E-state index contributed by atoms with van der Waals surface area (Å²) in [6.07, 6.45) is -1.32. The number of hydrogen-bond donors (Lipinski definition) is 2. The van der Waals surface area contributed by atoms with Crippen molar-refractivity contribution in [3.05, 3.63) is 129 Å². The van der Waals surface area contributed by atoms with Crippen molar-refractivity contribution in [2.45, 2.75) is 43.7 Å². The molecule has 2 aliphatic heterocycles. The predicted molar refractivity (Wildman–Crippen MR) is 204 cm³/mol. The normalized spacial score (nSPS) is 25.6. The molecule has 0 radical (unpaired) electrons. The number of imide groups is 2. The molecule has 15 heteroatoms. The van der Waals surface area contributed by atoms with Crippen LogP contribution in [0.15, 0.2) is 96.7 Å². The standard InChI is InChI=1S/C42H35Cl2F3N4O6/c1-2-22-3-11-27(12-4-22)50-37(53)30-16-15-29-31(34(30)39(50)55)20-32-38(54)51(49-36-33(44)19-25(21-48-36)42(45,46)47)40(56)41(32,24-7-9-26(43)10-8-24)35(29)23-5-13-28(14-6-23)57-18-17-52/h3-15,19,21,30-32,34-35,52H,2,16-18,20H2,1H3,(H,48,49). The summed E-state index contributed by atoms with van der Waals surface area (Å²) >= 11 is 12.6. The first-order valence-corrected chi connectivity index (χ1v) is 19.2. The van der Waals surface area contributed by atoms with E-state index in [2.05, 4.69) is 10.4 Å². The molecule has 2 saturated heterocycles. The molecule has 294 valence electrons. The van der Waals surface area contributed by atoms with Crippen molar-refractivity contribution in [1.82, 2.24) is 9.99 Å². The van der Waals surface area contributed by atoms with Crippen molar-refractivity contribution in [2.24, 2.45) is 23.7 Å². The van der Waals surface area contributed by atoms with Crippen LogP contribution in [-0.4, -0.2) is 51.9 Å². The number of halogens is 5. The van der Waals surface area contributed by atoms with E-state index in [1.807, 2.05) is 25.1 Å². The van der Waals surface area contributed by atoms with E-state index >= 15 is 4.79 Å². The molecule has 10 nitrogen and oxygen atoms in total. The van der Waals surface area contributed by atoms with Crippen LogP contribution in [0.1, 0.15) is 47.9 Å². The van der Waals surface area contributed by atoms with Crippen molar-refractivity contribution in [3.8, 4) is 5.75 Å². The number of rotatable bonds is 9. The molecule has 4 aromatic rings. The molecule has 3 aromatic carbocycles. The molecule has 4 amide bonds. The topological polar surface area (TPSA) is 129 Å². The van der Waals surface area contributed by atoms with E-state index in [0.717, 1.165) is 17.0 Å². The molecule has 2 N–H and O–H groups in total. The van der Waals surface area contributed by atoms with E-state index in [-0.39, 0.29) is 37.8 Å². The number of pyridine rings is 1. The number of aliphatic hydroxyl groups is 1. The van der Waals surface area contributed by atoms with Crippen LogP contribution in [0.5, 0.6) is 5.75 Å². The van der Waals surface area contributed by atoms with Crippen molar-refractivity contribution in [1.29, 1.82) is 0 Å². The van der Waals surface area contributed by atoms with Gasteiger partial charge in [-0.1, -0.05) is 78.2 Å². The number of hydrazine groups is 1. The van der Waals surface area contributed by atoms with Crippen LogP contribution in [-0.2, 0) is 37.2 Å². The van der Waals surface area contributed by atoms with Crippen molar-refractivity contribution in [2.75, 3.05) is 23.5 Å². The summed E-state index contributed by atoms with van der Waals surface area (Å²) in [4.78, 5) is 64.0. The Morgan fingerprint density at radius 1 is 0.930 bits per heavy atom. The highest BCUT2D eigenvalue weighted by molar-refractivity contribution is 6.33. The number of nitrogens with one attached hydrogen (secondary N) is 1. The lowest BCUT2D eigenvalue weighted by Crippen LogP contribution is -2.53. The molecule has 3 heterocycles. The van der Waals surface area contributed by atoms with Crippen LogP contribution in [0.25, 0.3) is 0 Å². The van der Waals surface area contributed by atoms with Gasteiger partial charge in [0.05, 0.1) is 46.0 Å². The summed E-state index contributed by atoms with van der Waals surface area (Å²) in [6.45, 7) is 1.83. The highest BCUT2D eigenvalue weighted by Gasteiger charge is 2.70. The van der Waals surface area contributed by atoms with Crippen LogP contribution in [0.4, 0.5) is 24.7 Å². The Balaban J connectivity index is 1.28. The lowest BCUT2D eigenvalue weighted by atomic mass is 9.49. The number of ether oxygens (including phenoxy) is 1. The third-order valence-electron chi connectivity index (χ3n) is 11.7. The third kappa shape index (κ3) is 6.27. The molecule has 8 rings (SSSR count). The van der Waals surface area contributed by atoms with Crippen LogP contribution in [0, 0.1) is 23.7 Å². The second kappa shape index (κ2) is 14.6. The van der Waals surface area contributed by atoms with Crippen molar-refractivity contribution >= 4 is 58.3 Å². The first-order chi connectivity index (χ1) is 27.3. The van der Waals surface area contributed by atoms with Gasteiger partial charge in [0, 0.05) is 17.1 Å². The number of benzene rings is 3. The maximum atomic E-state index is 15.3. The summed E-state index contributed by atoms with van der Waals surface area (Å²) < 4.78 is 46.2. The number of allylic oxidation sites excluding steroid dienone is 2. The van der Waals surface area contributed by atoms with Gasteiger partial charge in [-0.15, -0.1) is 0 Å². The molecular weight excluding hydrogens is 784 g/mol. The number of aliphatic hydroxyl groups excluding tert-OH is 1. The van der Waals surface area contributed by atoms with Gasteiger partial charge in [0.2, 0.25) is 11.8 Å². The fraction of sp³-hybridized carbons (Fsp3) is 0.310. The number of hydrogen-bond acceptors (Lipinski definition) is 8. The number of carbonyl (C=O) groups excluding carboxylic acids is 4. The average Bonchev–Trinajstić information content (AvgIpc) is 3.58. The highest BCUT2D eigenvalue weighted by atomic mass is 35.5. The maximum absolute atomic E-state index is 15.3. The zero-order chi connectivity index (χ0) is 40.4. The molecule has 3 fully saturated rings. The Kier molecular flexibility index (Phi) is 9.90. The van der Waals surface area contributed by atoms with E-state index in [1.54, 1.807) is 60.7 Å². The monoisotopic (exact) mass is 818 g/mol. The SMILES string of the molecule is CCc1ccc(N2C(=O)C3CC=C4C(CC5C(=O)N(Nc6ncc(C(F)(F)F)cc6Cl)C(=O)C5(c5ccc(Cl)cc5)C4c4ccc(OCCO)cc4)C3C2=O)cc1. The molecule has 2 aliphatic carbocycles. The smallest absolute Gasteiger partial charge is 0.417 e. The molecule has 57 heavy (non-hydrogen) atoms. The van der Waals surface area contributed by atoms with Gasteiger partial charge in [-0.2, -0.15) is 18.2 Å². The molecule has 6 unspecified atom stereocenters. The molecule has 4 aliphatic rings. The summed E-state index contributed by atoms with van der Waals surface area (Å²) in [5, 5.41) is 9.99. The molecule has 0 spiro atoms. The molecule has 1 saturated carbocycles. The predicted octanol–water partition coefficient (Wildman–Crippen LogP) is 7.53. The number of alkyl halides is 3. The van der Waals surface area contributed by atoms with Crippen LogP contribution in [0.2, 0.25) is 10.0 Å². The summed E-state index contributed by atoms with van der Waals surface area (Å²) in [6, 6.07) is 21.3.